The van der Waals surface area contributed by atoms with Crippen LogP contribution in [0.5, 0.6) is 0 Å². The second kappa shape index (κ2) is 6.22. The Morgan fingerprint density at radius 2 is 1.95 bits per heavy atom. The molecule has 1 aromatic heterocycles. The van der Waals surface area contributed by atoms with Crippen molar-refractivity contribution in [3.63, 3.8) is 0 Å². The second-order valence-corrected chi connectivity index (χ2v) is 6.14. The molecule has 3 aromatic rings. The first kappa shape index (κ1) is 14.6. The SMILES string of the molecule is CCNC(c1ccc(Cl)cc1)c1cc2cccc(Br)c2o1. The third-order valence-corrected chi connectivity index (χ3v) is 4.29. The number of hydrogen-bond acceptors (Lipinski definition) is 2. The Morgan fingerprint density at radius 1 is 1.19 bits per heavy atom. The van der Waals surface area contributed by atoms with Crippen molar-refractivity contribution in [1.29, 1.82) is 0 Å². The van der Waals surface area contributed by atoms with Crippen LogP contribution in [0.25, 0.3) is 11.0 Å². The van der Waals surface area contributed by atoms with E-state index < -0.39 is 0 Å². The lowest BCUT2D eigenvalue weighted by atomic mass is 10.0. The van der Waals surface area contributed by atoms with Crippen LogP contribution >= 0.6 is 27.5 Å². The smallest absolute Gasteiger partial charge is 0.148 e. The van der Waals surface area contributed by atoms with Gasteiger partial charge in [-0.05, 0) is 52.3 Å². The molecule has 0 spiro atoms. The molecule has 1 unspecified atom stereocenters. The zero-order valence-corrected chi connectivity index (χ0v) is 13.9. The van der Waals surface area contributed by atoms with Crippen LogP contribution in [0, 0.1) is 0 Å². The number of benzene rings is 2. The summed E-state index contributed by atoms with van der Waals surface area (Å²) in [5.41, 5.74) is 2.01. The Kier molecular flexibility index (Phi) is 4.34. The summed E-state index contributed by atoms with van der Waals surface area (Å²) in [5.74, 6) is 0.904. The van der Waals surface area contributed by atoms with E-state index in [1.54, 1.807) is 0 Å². The maximum atomic E-state index is 6.06. The minimum Gasteiger partial charge on any atom is -0.458 e. The zero-order chi connectivity index (χ0) is 14.8. The van der Waals surface area contributed by atoms with E-state index >= 15 is 0 Å². The molecule has 0 aliphatic rings. The normalized spacial score (nSPS) is 12.7. The zero-order valence-electron chi connectivity index (χ0n) is 11.6. The molecule has 3 rings (SSSR count). The third kappa shape index (κ3) is 3.00. The van der Waals surface area contributed by atoms with E-state index in [1.165, 1.54) is 0 Å². The van der Waals surface area contributed by atoms with E-state index in [9.17, 15) is 0 Å². The van der Waals surface area contributed by atoms with Gasteiger partial charge >= 0.3 is 0 Å². The fourth-order valence-corrected chi connectivity index (χ4v) is 3.02. The van der Waals surface area contributed by atoms with Crippen LogP contribution in [0.15, 0.2) is 57.4 Å². The number of halogens is 2. The topological polar surface area (TPSA) is 25.2 Å². The second-order valence-electron chi connectivity index (χ2n) is 4.85. The molecule has 2 nitrogen and oxygen atoms in total. The predicted octanol–water partition coefficient (Wildman–Crippen LogP) is 5.55. The molecule has 0 fully saturated rings. The molecule has 0 amide bonds. The lowest BCUT2D eigenvalue weighted by molar-refractivity contribution is 0.476. The summed E-state index contributed by atoms with van der Waals surface area (Å²) in [7, 11) is 0. The van der Waals surface area contributed by atoms with E-state index in [4.69, 9.17) is 16.0 Å². The highest BCUT2D eigenvalue weighted by molar-refractivity contribution is 9.10. The Balaban J connectivity index is 2.06. The molecule has 2 aromatic carbocycles. The maximum absolute atomic E-state index is 6.06. The number of fused-ring (bicyclic) bond motifs is 1. The molecule has 1 heterocycles. The fourth-order valence-electron chi connectivity index (χ4n) is 2.43. The van der Waals surface area contributed by atoms with Crippen molar-refractivity contribution < 1.29 is 4.42 Å². The summed E-state index contributed by atoms with van der Waals surface area (Å²) >= 11 is 9.51. The maximum Gasteiger partial charge on any atom is 0.148 e. The molecule has 4 heteroatoms. The first-order valence-corrected chi connectivity index (χ1v) is 8.03. The summed E-state index contributed by atoms with van der Waals surface area (Å²) in [5, 5.41) is 5.29. The summed E-state index contributed by atoms with van der Waals surface area (Å²) in [6.07, 6.45) is 0. The highest BCUT2D eigenvalue weighted by Gasteiger charge is 2.18. The van der Waals surface area contributed by atoms with Crippen LogP contribution in [-0.4, -0.2) is 6.54 Å². The van der Waals surface area contributed by atoms with Gasteiger partial charge in [0.1, 0.15) is 11.3 Å². The van der Waals surface area contributed by atoms with E-state index in [-0.39, 0.29) is 6.04 Å². The standard InChI is InChI=1S/C17H15BrClNO/c1-2-20-16(11-6-8-13(19)9-7-11)15-10-12-4-3-5-14(18)17(12)21-15/h3-10,16,20H,2H2,1H3. The van der Waals surface area contributed by atoms with Gasteiger partial charge < -0.3 is 9.73 Å². The lowest BCUT2D eigenvalue weighted by Crippen LogP contribution is -2.21. The molecule has 0 aliphatic carbocycles. The van der Waals surface area contributed by atoms with Gasteiger partial charge in [-0.15, -0.1) is 0 Å². The molecule has 1 atom stereocenters. The van der Waals surface area contributed by atoms with Gasteiger partial charge in [-0.1, -0.05) is 42.8 Å². The molecule has 21 heavy (non-hydrogen) atoms. The third-order valence-electron chi connectivity index (χ3n) is 3.41. The van der Waals surface area contributed by atoms with Crippen molar-refractivity contribution in [2.75, 3.05) is 6.54 Å². The predicted molar refractivity (Wildman–Crippen MR) is 90.9 cm³/mol. The molecule has 0 saturated carbocycles. The average Bonchev–Trinajstić information content (AvgIpc) is 2.91. The van der Waals surface area contributed by atoms with Crippen molar-refractivity contribution in [3.05, 3.63) is 69.3 Å². The van der Waals surface area contributed by atoms with Gasteiger partial charge in [0.15, 0.2) is 0 Å². The molecular weight excluding hydrogens is 350 g/mol. The van der Waals surface area contributed by atoms with Gasteiger partial charge in [-0.25, -0.2) is 0 Å². The van der Waals surface area contributed by atoms with Crippen LogP contribution in [-0.2, 0) is 0 Å². The van der Waals surface area contributed by atoms with Crippen LogP contribution < -0.4 is 5.32 Å². The highest BCUT2D eigenvalue weighted by atomic mass is 79.9. The Hall–Kier alpha value is -1.29. The first-order chi connectivity index (χ1) is 10.2. The van der Waals surface area contributed by atoms with Gasteiger partial charge in [0.2, 0.25) is 0 Å². The highest BCUT2D eigenvalue weighted by Crippen LogP contribution is 2.32. The molecule has 0 saturated heterocycles. The summed E-state index contributed by atoms with van der Waals surface area (Å²) in [4.78, 5) is 0. The van der Waals surface area contributed by atoms with Gasteiger partial charge in [0, 0.05) is 10.4 Å². The van der Waals surface area contributed by atoms with Crippen molar-refractivity contribution >= 4 is 38.5 Å². The van der Waals surface area contributed by atoms with Crippen molar-refractivity contribution in [3.8, 4) is 0 Å². The van der Waals surface area contributed by atoms with Crippen LogP contribution in [0.4, 0.5) is 0 Å². The summed E-state index contributed by atoms with van der Waals surface area (Å²) in [6, 6.07) is 16.0. The van der Waals surface area contributed by atoms with Gasteiger partial charge in [0.05, 0.1) is 10.5 Å². The Morgan fingerprint density at radius 3 is 2.62 bits per heavy atom. The molecule has 0 radical (unpaired) electrons. The molecule has 0 aliphatic heterocycles. The minimum atomic E-state index is 0.0200. The number of hydrogen-bond donors (Lipinski definition) is 1. The Labute approximate surface area is 137 Å². The fraction of sp³-hybridized carbons (Fsp3) is 0.176. The van der Waals surface area contributed by atoms with Crippen molar-refractivity contribution in [1.82, 2.24) is 5.32 Å². The summed E-state index contributed by atoms with van der Waals surface area (Å²) < 4.78 is 7.03. The largest absolute Gasteiger partial charge is 0.458 e. The number of rotatable bonds is 4. The molecule has 108 valence electrons. The summed E-state index contributed by atoms with van der Waals surface area (Å²) in [6.45, 7) is 2.94. The monoisotopic (exact) mass is 363 g/mol. The lowest BCUT2D eigenvalue weighted by Gasteiger charge is -2.16. The van der Waals surface area contributed by atoms with Gasteiger partial charge in [-0.2, -0.15) is 0 Å². The van der Waals surface area contributed by atoms with E-state index in [1.807, 2.05) is 36.4 Å². The van der Waals surface area contributed by atoms with E-state index in [0.29, 0.717) is 0 Å². The van der Waals surface area contributed by atoms with Gasteiger partial charge in [0.25, 0.3) is 0 Å². The Bertz CT molecular complexity index is 751. The molecular formula is C17H15BrClNO. The number of para-hydroxylation sites is 1. The molecule has 1 N–H and O–H groups in total. The van der Waals surface area contributed by atoms with E-state index in [2.05, 4.69) is 40.3 Å². The number of furan rings is 1. The van der Waals surface area contributed by atoms with E-state index in [0.717, 1.165) is 38.3 Å². The van der Waals surface area contributed by atoms with Crippen LogP contribution in [0.2, 0.25) is 5.02 Å². The minimum absolute atomic E-state index is 0.0200. The van der Waals surface area contributed by atoms with Crippen LogP contribution in [0.1, 0.15) is 24.3 Å². The van der Waals surface area contributed by atoms with Crippen molar-refractivity contribution in [2.24, 2.45) is 0 Å². The quantitative estimate of drug-likeness (QED) is 0.657. The number of nitrogens with one attached hydrogen (secondary N) is 1. The van der Waals surface area contributed by atoms with Crippen LogP contribution in [0.3, 0.4) is 0 Å². The van der Waals surface area contributed by atoms with Gasteiger partial charge in [-0.3, -0.25) is 0 Å². The molecule has 0 bridgehead atoms. The van der Waals surface area contributed by atoms with Crippen molar-refractivity contribution in [2.45, 2.75) is 13.0 Å². The average molecular weight is 365 g/mol. The first-order valence-electron chi connectivity index (χ1n) is 6.86.